The quantitative estimate of drug-likeness (QED) is 0.877. The standard InChI is InChI=1S/C13H18N2S/c1-4-10(9(2)14-3)13-15-11-7-5-6-8-12(11)16-13/h5-10,14H,4H2,1-3H3. The average Bonchev–Trinajstić information content (AvgIpc) is 2.72. The van der Waals surface area contributed by atoms with Crippen LogP contribution in [0.15, 0.2) is 24.3 Å². The number of nitrogens with zero attached hydrogens (tertiary/aromatic N) is 1. The molecule has 2 atom stereocenters. The van der Waals surface area contributed by atoms with E-state index in [1.54, 1.807) is 0 Å². The Balaban J connectivity index is 2.37. The van der Waals surface area contributed by atoms with Gasteiger partial charge < -0.3 is 5.32 Å². The van der Waals surface area contributed by atoms with E-state index in [1.165, 1.54) is 9.71 Å². The van der Waals surface area contributed by atoms with Crippen molar-refractivity contribution in [1.82, 2.24) is 10.3 Å². The highest BCUT2D eigenvalue weighted by atomic mass is 32.1. The molecule has 2 rings (SSSR count). The summed E-state index contributed by atoms with van der Waals surface area (Å²) < 4.78 is 1.29. The minimum atomic E-state index is 0.477. The van der Waals surface area contributed by atoms with Gasteiger partial charge in [-0.2, -0.15) is 0 Å². The molecule has 0 saturated heterocycles. The van der Waals surface area contributed by atoms with E-state index in [4.69, 9.17) is 4.98 Å². The van der Waals surface area contributed by atoms with Crippen molar-refractivity contribution in [3.8, 4) is 0 Å². The summed E-state index contributed by atoms with van der Waals surface area (Å²) in [7, 11) is 2.01. The van der Waals surface area contributed by atoms with E-state index in [1.807, 2.05) is 24.5 Å². The third-order valence-corrected chi connectivity index (χ3v) is 4.29. The number of aromatic nitrogens is 1. The van der Waals surface area contributed by atoms with Gasteiger partial charge in [0.15, 0.2) is 0 Å². The smallest absolute Gasteiger partial charge is 0.0984 e. The number of thiazole rings is 1. The predicted molar refractivity (Wildman–Crippen MR) is 71.2 cm³/mol. The number of nitrogens with one attached hydrogen (secondary N) is 1. The van der Waals surface area contributed by atoms with Crippen molar-refractivity contribution in [2.75, 3.05) is 7.05 Å². The topological polar surface area (TPSA) is 24.9 Å². The molecule has 86 valence electrons. The molecule has 1 aromatic carbocycles. The van der Waals surface area contributed by atoms with Crippen molar-refractivity contribution in [2.24, 2.45) is 0 Å². The van der Waals surface area contributed by atoms with E-state index in [2.05, 4.69) is 37.4 Å². The van der Waals surface area contributed by atoms with Gasteiger partial charge >= 0.3 is 0 Å². The SMILES string of the molecule is CCC(c1nc2ccccc2s1)C(C)NC. The maximum Gasteiger partial charge on any atom is 0.0984 e. The van der Waals surface area contributed by atoms with Crippen LogP contribution in [0, 0.1) is 0 Å². The van der Waals surface area contributed by atoms with Crippen LogP contribution in [-0.2, 0) is 0 Å². The van der Waals surface area contributed by atoms with Crippen LogP contribution >= 0.6 is 11.3 Å². The van der Waals surface area contributed by atoms with Gasteiger partial charge in [-0.1, -0.05) is 19.1 Å². The zero-order valence-corrected chi connectivity index (χ0v) is 10.8. The highest BCUT2D eigenvalue weighted by Crippen LogP contribution is 2.31. The molecular formula is C13H18N2S. The molecule has 0 aliphatic carbocycles. The Kier molecular flexibility index (Phi) is 3.56. The molecule has 0 amide bonds. The van der Waals surface area contributed by atoms with E-state index in [0.717, 1.165) is 11.9 Å². The van der Waals surface area contributed by atoms with Crippen molar-refractivity contribution in [3.63, 3.8) is 0 Å². The van der Waals surface area contributed by atoms with Gasteiger partial charge in [0.1, 0.15) is 0 Å². The Morgan fingerprint density at radius 1 is 1.38 bits per heavy atom. The summed E-state index contributed by atoms with van der Waals surface area (Å²) in [6.07, 6.45) is 1.13. The van der Waals surface area contributed by atoms with E-state index < -0.39 is 0 Å². The first-order chi connectivity index (χ1) is 7.76. The number of fused-ring (bicyclic) bond motifs is 1. The average molecular weight is 234 g/mol. The summed E-state index contributed by atoms with van der Waals surface area (Å²) in [6, 6.07) is 8.84. The van der Waals surface area contributed by atoms with Crippen molar-refractivity contribution < 1.29 is 0 Å². The van der Waals surface area contributed by atoms with Crippen LogP contribution in [0.25, 0.3) is 10.2 Å². The second kappa shape index (κ2) is 4.93. The van der Waals surface area contributed by atoms with Crippen LogP contribution in [0.4, 0.5) is 0 Å². The first kappa shape index (κ1) is 11.6. The molecule has 3 heteroatoms. The number of hydrogen-bond acceptors (Lipinski definition) is 3. The molecule has 1 heterocycles. The molecule has 0 spiro atoms. The largest absolute Gasteiger partial charge is 0.317 e. The van der Waals surface area contributed by atoms with E-state index >= 15 is 0 Å². The van der Waals surface area contributed by atoms with Crippen molar-refractivity contribution >= 4 is 21.6 Å². The number of rotatable bonds is 4. The molecule has 16 heavy (non-hydrogen) atoms. The maximum absolute atomic E-state index is 4.73. The second-order valence-electron chi connectivity index (χ2n) is 4.11. The Labute approximate surface area is 101 Å². The Morgan fingerprint density at radius 3 is 2.75 bits per heavy atom. The summed E-state index contributed by atoms with van der Waals surface area (Å²) in [6.45, 7) is 4.45. The summed E-state index contributed by atoms with van der Waals surface area (Å²) in [5.74, 6) is 0.516. The molecule has 0 radical (unpaired) electrons. The van der Waals surface area contributed by atoms with E-state index in [0.29, 0.717) is 12.0 Å². The molecule has 2 aromatic rings. The van der Waals surface area contributed by atoms with Crippen LogP contribution < -0.4 is 5.32 Å². The van der Waals surface area contributed by atoms with Gasteiger partial charge in [-0.25, -0.2) is 4.98 Å². The minimum absolute atomic E-state index is 0.477. The molecule has 1 N–H and O–H groups in total. The van der Waals surface area contributed by atoms with Gasteiger partial charge in [-0.3, -0.25) is 0 Å². The molecule has 0 aliphatic heterocycles. The molecule has 0 fully saturated rings. The lowest BCUT2D eigenvalue weighted by molar-refractivity contribution is 0.482. The number of hydrogen-bond donors (Lipinski definition) is 1. The summed E-state index contributed by atoms with van der Waals surface area (Å²) >= 11 is 1.82. The lowest BCUT2D eigenvalue weighted by Gasteiger charge is -2.19. The molecule has 1 aromatic heterocycles. The predicted octanol–water partition coefficient (Wildman–Crippen LogP) is 3.40. The van der Waals surface area contributed by atoms with Crippen LogP contribution in [0.3, 0.4) is 0 Å². The number of likely N-dealkylation sites (N-methyl/N-ethyl adjacent to an activating group) is 1. The van der Waals surface area contributed by atoms with Gasteiger partial charge in [0.2, 0.25) is 0 Å². The highest BCUT2D eigenvalue weighted by molar-refractivity contribution is 7.18. The Morgan fingerprint density at radius 2 is 2.12 bits per heavy atom. The highest BCUT2D eigenvalue weighted by Gasteiger charge is 2.19. The second-order valence-corrected chi connectivity index (χ2v) is 5.17. The fourth-order valence-electron chi connectivity index (χ4n) is 1.99. The molecule has 0 saturated carbocycles. The molecule has 0 bridgehead atoms. The molecule has 0 aliphatic rings. The molecular weight excluding hydrogens is 216 g/mol. The van der Waals surface area contributed by atoms with Crippen LogP contribution in [0.2, 0.25) is 0 Å². The van der Waals surface area contributed by atoms with Gasteiger partial charge in [-0.05, 0) is 32.5 Å². The van der Waals surface area contributed by atoms with Crippen molar-refractivity contribution in [1.29, 1.82) is 0 Å². The summed E-state index contributed by atoms with van der Waals surface area (Å²) in [5.41, 5.74) is 1.13. The number of para-hydroxylation sites is 1. The summed E-state index contributed by atoms with van der Waals surface area (Å²) in [5, 5.41) is 4.58. The lowest BCUT2D eigenvalue weighted by atomic mass is 9.99. The van der Waals surface area contributed by atoms with E-state index in [-0.39, 0.29) is 0 Å². The Bertz CT molecular complexity index is 431. The molecule has 2 unspecified atom stereocenters. The van der Waals surface area contributed by atoms with Crippen molar-refractivity contribution in [3.05, 3.63) is 29.3 Å². The normalized spacial score (nSPS) is 15.2. The third kappa shape index (κ3) is 2.11. The van der Waals surface area contributed by atoms with Gasteiger partial charge in [0.05, 0.1) is 15.2 Å². The minimum Gasteiger partial charge on any atom is -0.317 e. The zero-order valence-electron chi connectivity index (χ0n) is 10.0. The molecule has 2 nitrogen and oxygen atoms in total. The third-order valence-electron chi connectivity index (χ3n) is 3.13. The van der Waals surface area contributed by atoms with Gasteiger partial charge in [0.25, 0.3) is 0 Å². The van der Waals surface area contributed by atoms with Crippen LogP contribution in [0.5, 0.6) is 0 Å². The van der Waals surface area contributed by atoms with Crippen LogP contribution in [0.1, 0.15) is 31.2 Å². The summed E-state index contributed by atoms with van der Waals surface area (Å²) in [4.78, 5) is 4.73. The van der Waals surface area contributed by atoms with E-state index in [9.17, 15) is 0 Å². The van der Waals surface area contributed by atoms with Crippen molar-refractivity contribution in [2.45, 2.75) is 32.2 Å². The zero-order chi connectivity index (χ0) is 11.5. The first-order valence-electron chi connectivity index (χ1n) is 5.79. The Hall–Kier alpha value is -0.930. The monoisotopic (exact) mass is 234 g/mol. The van der Waals surface area contributed by atoms with Gasteiger partial charge in [0, 0.05) is 12.0 Å². The maximum atomic E-state index is 4.73. The van der Waals surface area contributed by atoms with Crippen LogP contribution in [-0.4, -0.2) is 18.1 Å². The number of benzene rings is 1. The lowest BCUT2D eigenvalue weighted by Crippen LogP contribution is -2.28. The fourth-order valence-corrected chi connectivity index (χ4v) is 3.25. The van der Waals surface area contributed by atoms with Gasteiger partial charge in [-0.15, -0.1) is 11.3 Å². The fraction of sp³-hybridized carbons (Fsp3) is 0.462. The first-order valence-corrected chi connectivity index (χ1v) is 6.60.